The van der Waals surface area contributed by atoms with Gasteiger partial charge in [-0.2, -0.15) is 5.26 Å². The van der Waals surface area contributed by atoms with Crippen LogP contribution < -0.4 is 9.47 Å². The van der Waals surface area contributed by atoms with Gasteiger partial charge in [0.2, 0.25) is 0 Å². The summed E-state index contributed by atoms with van der Waals surface area (Å²) < 4.78 is 10.5. The van der Waals surface area contributed by atoms with Crippen LogP contribution in [-0.2, 0) is 0 Å². The van der Waals surface area contributed by atoms with Crippen LogP contribution in [0.3, 0.4) is 0 Å². The zero-order valence-electron chi connectivity index (χ0n) is 10.6. The molecule has 94 valence electrons. The number of hydrogen-bond acceptors (Lipinski definition) is 4. The molecule has 0 spiro atoms. The smallest absolute Gasteiger partial charge is 0.161 e. The molecule has 0 N–H and O–H groups in total. The number of aliphatic imine (C=N–C) groups is 1. The standard InChI is InChI=1S/C14H16N2O2/c1-17-13-6-5-10(8-14(13)18-2)11(9-15)12-4-3-7-16-12/h5-6,8,11H,3-4,7H2,1-2H3. The third-order valence-corrected chi connectivity index (χ3v) is 3.11. The predicted molar refractivity (Wildman–Crippen MR) is 69.4 cm³/mol. The lowest BCUT2D eigenvalue weighted by Crippen LogP contribution is -2.08. The van der Waals surface area contributed by atoms with Crippen LogP contribution in [0.2, 0.25) is 0 Å². The van der Waals surface area contributed by atoms with Crippen LogP contribution in [0.1, 0.15) is 24.3 Å². The minimum atomic E-state index is -0.271. The molecule has 0 amide bonds. The number of methoxy groups -OCH3 is 2. The molecule has 1 aliphatic heterocycles. The second-order valence-corrected chi connectivity index (χ2v) is 4.15. The first kappa shape index (κ1) is 12.4. The van der Waals surface area contributed by atoms with E-state index in [1.54, 1.807) is 14.2 Å². The van der Waals surface area contributed by atoms with Gasteiger partial charge in [-0.3, -0.25) is 4.99 Å². The molecule has 0 radical (unpaired) electrons. The summed E-state index contributed by atoms with van der Waals surface area (Å²) in [7, 11) is 3.19. The first-order chi connectivity index (χ1) is 8.80. The molecule has 0 bridgehead atoms. The average Bonchev–Trinajstić information content (AvgIpc) is 2.93. The Balaban J connectivity index is 2.34. The van der Waals surface area contributed by atoms with Crippen molar-refractivity contribution in [1.82, 2.24) is 0 Å². The second-order valence-electron chi connectivity index (χ2n) is 4.15. The number of nitrogens with zero attached hydrogens (tertiary/aromatic N) is 2. The molecule has 1 atom stereocenters. The minimum absolute atomic E-state index is 0.271. The van der Waals surface area contributed by atoms with Crippen molar-refractivity contribution in [2.24, 2.45) is 4.99 Å². The Kier molecular flexibility index (Phi) is 3.83. The molecule has 0 aliphatic carbocycles. The third kappa shape index (κ3) is 2.30. The minimum Gasteiger partial charge on any atom is -0.493 e. The van der Waals surface area contributed by atoms with Gasteiger partial charge in [0, 0.05) is 12.3 Å². The highest BCUT2D eigenvalue weighted by Crippen LogP contribution is 2.32. The topological polar surface area (TPSA) is 54.6 Å². The molecule has 1 aromatic carbocycles. The van der Waals surface area contributed by atoms with E-state index in [-0.39, 0.29) is 5.92 Å². The summed E-state index contributed by atoms with van der Waals surface area (Å²) in [5.74, 6) is 1.05. The van der Waals surface area contributed by atoms with Crippen molar-refractivity contribution in [3.8, 4) is 17.6 Å². The van der Waals surface area contributed by atoms with Crippen LogP contribution in [0.4, 0.5) is 0 Å². The Labute approximate surface area is 107 Å². The number of benzene rings is 1. The summed E-state index contributed by atoms with van der Waals surface area (Å²) in [6.45, 7) is 0.834. The summed E-state index contributed by atoms with van der Waals surface area (Å²) >= 11 is 0. The van der Waals surface area contributed by atoms with Crippen molar-refractivity contribution in [1.29, 1.82) is 5.26 Å². The molecule has 1 aliphatic rings. The lowest BCUT2D eigenvalue weighted by Gasteiger charge is -2.13. The quantitative estimate of drug-likeness (QED) is 0.817. The predicted octanol–water partition coefficient (Wildman–Crippen LogP) is 2.55. The second kappa shape index (κ2) is 5.54. The normalized spacial score (nSPS) is 15.7. The highest BCUT2D eigenvalue weighted by Gasteiger charge is 2.21. The van der Waals surface area contributed by atoms with Crippen LogP contribution in [0, 0.1) is 11.3 Å². The van der Waals surface area contributed by atoms with E-state index >= 15 is 0 Å². The molecular formula is C14H16N2O2. The number of rotatable bonds is 4. The van der Waals surface area contributed by atoms with E-state index < -0.39 is 0 Å². The van der Waals surface area contributed by atoms with Crippen LogP contribution in [0.15, 0.2) is 23.2 Å². The molecular weight excluding hydrogens is 228 g/mol. The van der Waals surface area contributed by atoms with Crippen molar-refractivity contribution >= 4 is 5.71 Å². The fourth-order valence-electron chi connectivity index (χ4n) is 2.17. The van der Waals surface area contributed by atoms with Crippen molar-refractivity contribution in [2.45, 2.75) is 18.8 Å². The van der Waals surface area contributed by atoms with Gasteiger partial charge in [-0.15, -0.1) is 0 Å². The van der Waals surface area contributed by atoms with Gasteiger partial charge in [-0.1, -0.05) is 6.07 Å². The van der Waals surface area contributed by atoms with Crippen molar-refractivity contribution in [2.75, 3.05) is 20.8 Å². The van der Waals surface area contributed by atoms with Crippen LogP contribution in [0.25, 0.3) is 0 Å². The molecule has 18 heavy (non-hydrogen) atoms. The highest BCUT2D eigenvalue weighted by atomic mass is 16.5. The van der Waals surface area contributed by atoms with Gasteiger partial charge in [0.05, 0.1) is 20.3 Å². The van der Waals surface area contributed by atoms with E-state index in [1.807, 2.05) is 18.2 Å². The maximum Gasteiger partial charge on any atom is 0.161 e. The fraction of sp³-hybridized carbons (Fsp3) is 0.429. The van der Waals surface area contributed by atoms with Crippen LogP contribution >= 0.6 is 0 Å². The summed E-state index contributed by atoms with van der Waals surface area (Å²) in [6.07, 6.45) is 1.95. The molecule has 4 heteroatoms. The maximum atomic E-state index is 9.33. The van der Waals surface area contributed by atoms with E-state index in [4.69, 9.17) is 9.47 Å². The van der Waals surface area contributed by atoms with E-state index in [1.165, 1.54) is 0 Å². The van der Waals surface area contributed by atoms with Crippen molar-refractivity contribution in [3.05, 3.63) is 23.8 Å². The molecule has 0 aromatic heterocycles. The van der Waals surface area contributed by atoms with Gasteiger partial charge in [0.1, 0.15) is 5.92 Å². The summed E-state index contributed by atoms with van der Waals surface area (Å²) in [5, 5.41) is 9.33. The number of hydrogen-bond donors (Lipinski definition) is 0. The average molecular weight is 244 g/mol. The SMILES string of the molecule is COc1ccc(C(C#N)C2=NCCC2)cc1OC. The van der Waals surface area contributed by atoms with Gasteiger partial charge >= 0.3 is 0 Å². The van der Waals surface area contributed by atoms with Crippen molar-refractivity contribution in [3.63, 3.8) is 0 Å². The molecule has 1 aromatic rings. The van der Waals surface area contributed by atoms with E-state index in [0.717, 1.165) is 30.7 Å². The molecule has 0 saturated carbocycles. The Morgan fingerprint density at radius 2 is 2.06 bits per heavy atom. The molecule has 0 saturated heterocycles. The molecule has 2 rings (SSSR count). The third-order valence-electron chi connectivity index (χ3n) is 3.11. The van der Waals surface area contributed by atoms with E-state index in [0.29, 0.717) is 11.5 Å². The number of ether oxygens (including phenoxy) is 2. The van der Waals surface area contributed by atoms with Crippen molar-refractivity contribution < 1.29 is 9.47 Å². The molecule has 1 heterocycles. The first-order valence-electron chi connectivity index (χ1n) is 5.95. The monoisotopic (exact) mass is 244 g/mol. The molecule has 4 nitrogen and oxygen atoms in total. The molecule has 1 unspecified atom stereocenters. The summed E-state index contributed by atoms with van der Waals surface area (Å²) in [5.41, 5.74) is 1.89. The Hall–Kier alpha value is -2.02. The first-order valence-corrected chi connectivity index (χ1v) is 5.95. The summed E-state index contributed by atoms with van der Waals surface area (Å²) in [6, 6.07) is 7.90. The number of nitriles is 1. The van der Waals surface area contributed by atoms with E-state index in [9.17, 15) is 5.26 Å². The van der Waals surface area contributed by atoms with E-state index in [2.05, 4.69) is 11.1 Å². The summed E-state index contributed by atoms with van der Waals surface area (Å²) in [4.78, 5) is 4.40. The van der Waals surface area contributed by atoms with Gasteiger partial charge in [0.15, 0.2) is 11.5 Å². The van der Waals surface area contributed by atoms with Gasteiger partial charge < -0.3 is 9.47 Å². The zero-order valence-corrected chi connectivity index (χ0v) is 10.6. The zero-order chi connectivity index (χ0) is 13.0. The van der Waals surface area contributed by atoms with Crippen LogP contribution in [-0.4, -0.2) is 26.5 Å². The van der Waals surface area contributed by atoms with Gasteiger partial charge in [-0.25, -0.2) is 0 Å². The van der Waals surface area contributed by atoms with Crippen LogP contribution in [0.5, 0.6) is 11.5 Å². The lowest BCUT2D eigenvalue weighted by atomic mass is 9.93. The van der Waals surface area contributed by atoms with Gasteiger partial charge in [-0.05, 0) is 30.5 Å². The Morgan fingerprint density at radius 3 is 2.61 bits per heavy atom. The van der Waals surface area contributed by atoms with Gasteiger partial charge in [0.25, 0.3) is 0 Å². The Morgan fingerprint density at radius 1 is 1.28 bits per heavy atom. The fourth-order valence-corrected chi connectivity index (χ4v) is 2.17. The highest BCUT2D eigenvalue weighted by molar-refractivity contribution is 5.94. The molecule has 0 fully saturated rings. The largest absolute Gasteiger partial charge is 0.493 e. The lowest BCUT2D eigenvalue weighted by molar-refractivity contribution is 0.354. The maximum absolute atomic E-state index is 9.33. The Bertz CT molecular complexity index is 503.